The Morgan fingerprint density at radius 2 is 2.36 bits per heavy atom. The number of amides is 1. The second kappa shape index (κ2) is 4.02. The van der Waals surface area contributed by atoms with Crippen LogP contribution in [0.25, 0.3) is 0 Å². The maximum atomic E-state index is 11.7. The molecule has 14 heavy (non-hydrogen) atoms. The van der Waals surface area contributed by atoms with E-state index in [1.54, 1.807) is 17.0 Å². The second-order valence-electron chi connectivity index (χ2n) is 3.06. The predicted molar refractivity (Wildman–Crippen MR) is 50.2 cm³/mol. The molecule has 0 saturated carbocycles. The highest BCUT2D eigenvalue weighted by Gasteiger charge is 2.21. The van der Waals surface area contributed by atoms with E-state index in [0.717, 1.165) is 6.42 Å². The van der Waals surface area contributed by atoms with E-state index in [4.69, 9.17) is 20.8 Å². The Labute approximate surface area is 86.4 Å². The molecule has 0 aromatic carbocycles. The van der Waals surface area contributed by atoms with Gasteiger partial charge in [0.1, 0.15) is 6.73 Å². The summed E-state index contributed by atoms with van der Waals surface area (Å²) >= 11 is 5.57. The van der Waals surface area contributed by atoms with Crippen molar-refractivity contribution in [3.05, 3.63) is 23.1 Å². The molecular formula is C9H10ClNO3. The van der Waals surface area contributed by atoms with Crippen LogP contribution in [0, 0.1) is 0 Å². The van der Waals surface area contributed by atoms with E-state index in [1.165, 1.54) is 0 Å². The molecule has 0 aliphatic carbocycles. The van der Waals surface area contributed by atoms with Crippen LogP contribution in [0.3, 0.4) is 0 Å². The van der Waals surface area contributed by atoms with Gasteiger partial charge in [0.05, 0.1) is 6.61 Å². The molecular weight excluding hydrogens is 206 g/mol. The molecule has 4 nitrogen and oxygen atoms in total. The van der Waals surface area contributed by atoms with Crippen molar-refractivity contribution in [1.29, 1.82) is 0 Å². The van der Waals surface area contributed by atoms with Gasteiger partial charge in [0.25, 0.3) is 5.91 Å². The molecule has 0 unspecified atom stereocenters. The van der Waals surface area contributed by atoms with Gasteiger partial charge in [0, 0.05) is 6.54 Å². The Kier molecular flexibility index (Phi) is 2.74. The maximum absolute atomic E-state index is 11.7. The van der Waals surface area contributed by atoms with E-state index in [-0.39, 0.29) is 16.9 Å². The van der Waals surface area contributed by atoms with Gasteiger partial charge in [0.2, 0.25) is 0 Å². The summed E-state index contributed by atoms with van der Waals surface area (Å²) < 4.78 is 10.2. The number of hydrogen-bond acceptors (Lipinski definition) is 3. The van der Waals surface area contributed by atoms with E-state index in [1.807, 2.05) is 0 Å². The quantitative estimate of drug-likeness (QED) is 0.717. The molecule has 1 aliphatic rings. The van der Waals surface area contributed by atoms with Crippen molar-refractivity contribution in [2.45, 2.75) is 6.42 Å². The number of ether oxygens (including phenoxy) is 1. The van der Waals surface area contributed by atoms with Crippen LogP contribution in [-0.2, 0) is 4.74 Å². The summed E-state index contributed by atoms with van der Waals surface area (Å²) in [5, 5.41) is 0.228. The third kappa shape index (κ3) is 1.91. The van der Waals surface area contributed by atoms with Crippen LogP contribution < -0.4 is 0 Å². The number of halogens is 1. The van der Waals surface area contributed by atoms with Gasteiger partial charge < -0.3 is 14.1 Å². The van der Waals surface area contributed by atoms with Crippen LogP contribution in [0.2, 0.25) is 5.22 Å². The summed E-state index contributed by atoms with van der Waals surface area (Å²) in [6.45, 7) is 1.75. The Morgan fingerprint density at radius 3 is 2.93 bits per heavy atom. The third-order valence-electron chi connectivity index (χ3n) is 2.04. The molecule has 1 saturated heterocycles. The van der Waals surface area contributed by atoms with Gasteiger partial charge in [-0.15, -0.1) is 0 Å². The molecule has 0 bridgehead atoms. The lowest BCUT2D eigenvalue weighted by atomic mass is 10.3. The van der Waals surface area contributed by atoms with E-state index in [2.05, 4.69) is 0 Å². The monoisotopic (exact) mass is 215 g/mol. The minimum absolute atomic E-state index is 0.170. The number of rotatable bonds is 1. The fraction of sp³-hybridized carbons (Fsp3) is 0.444. The molecule has 1 aliphatic heterocycles. The summed E-state index contributed by atoms with van der Waals surface area (Å²) in [5.41, 5.74) is 0. The van der Waals surface area contributed by atoms with Gasteiger partial charge >= 0.3 is 0 Å². The van der Waals surface area contributed by atoms with Crippen molar-refractivity contribution < 1.29 is 13.9 Å². The Balaban J connectivity index is 2.07. The molecule has 0 radical (unpaired) electrons. The molecule has 2 heterocycles. The highest BCUT2D eigenvalue weighted by atomic mass is 35.5. The van der Waals surface area contributed by atoms with Gasteiger partial charge in [0.15, 0.2) is 11.0 Å². The Bertz CT molecular complexity index is 331. The number of carbonyl (C=O) groups excluding carboxylic acids is 1. The molecule has 1 aromatic rings. The van der Waals surface area contributed by atoms with Gasteiger partial charge in [-0.2, -0.15) is 0 Å². The summed E-state index contributed by atoms with van der Waals surface area (Å²) in [7, 11) is 0. The molecule has 0 N–H and O–H groups in total. The van der Waals surface area contributed by atoms with Crippen LogP contribution in [0.1, 0.15) is 17.0 Å². The predicted octanol–water partition coefficient (Wildman–Crippen LogP) is 1.75. The van der Waals surface area contributed by atoms with Gasteiger partial charge in [-0.25, -0.2) is 0 Å². The Hall–Kier alpha value is -1.00. The summed E-state index contributed by atoms with van der Waals surface area (Å²) in [6.07, 6.45) is 0.861. The molecule has 0 atom stereocenters. The summed E-state index contributed by atoms with van der Waals surface area (Å²) in [5.74, 6) is 0.0945. The van der Waals surface area contributed by atoms with Crippen LogP contribution >= 0.6 is 11.6 Å². The van der Waals surface area contributed by atoms with E-state index >= 15 is 0 Å². The van der Waals surface area contributed by atoms with E-state index in [9.17, 15) is 4.79 Å². The van der Waals surface area contributed by atoms with Gasteiger partial charge in [-0.1, -0.05) is 0 Å². The van der Waals surface area contributed by atoms with E-state index in [0.29, 0.717) is 19.9 Å². The fourth-order valence-electron chi connectivity index (χ4n) is 1.34. The highest BCUT2D eigenvalue weighted by Crippen LogP contribution is 2.16. The SMILES string of the molecule is O=C(c1ccc(Cl)o1)N1CCCOC1. The second-order valence-corrected chi connectivity index (χ2v) is 3.44. The molecule has 1 amide bonds. The minimum atomic E-state index is -0.170. The fourth-order valence-corrected chi connectivity index (χ4v) is 1.49. The van der Waals surface area contributed by atoms with E-state index < -0.39 is 0 Å². The first-order chi connectivity index (χ1) is 6.77. The molecule has 5 heteroatoms. The van der Waals surface area contributed by atoms with Gasteiger partial charge in [-0.05, 0) is 30.2 Å². The lowest BCUT2D eigenvalue weighted by Gasteiger charge is -2.25. The molecule has 2 rings (SSSR count). The third-order valence-corrected chi connectivity index (χ3v) is 2.24. The Morgan fingerprint density at radius 1 is 1.50 bits per heavy atom. The average Bonchev–Trinajstić information content (AvgIpc) is 2.65. The normalized spacial score (nSPS) is 17.1. The number of furan rings is 1. The number of carbonyl (C=O) groups is 1. The zero-order valence-corrected chi connectivity index (χ0v) is 8.29. The molecule has 1 aromatic heterocycles. The van der Waals surface area contributed by atoms with Gasteiger partial charge in [-0.3, -0.25) is 4.79 Å². The topological polar surface area (TPSA) is 42.7 Å². The van der Waals surface area contributed by atoms with Crippen molar-refractivity contribution in [2.75, 3.05) is 19.9 Å². The highest BCUT2D eigenvalue weighted by molar-refractivity contribution is 6.29. The average molecular weight is 216 g/mol. The largest absolute Gasteiger partial charge is 0.440 e. The lowest BCUT2D eigenvalue weighted by Crippen LogP contribution is -2.37. The maximum Gasteiger partial charge on any atom is 0.291 e. The zero-order valence-electron chi connectivity index (χ0n) is 7.53. The summed E-state index contributed by atoms with van der Waals surface area (Å²) in [6, 6.07) is 3.12. The lowest BCUT2D eigenvalue weighted by molar-refractivity contribution is -0.00731. The standard InChI is InChI=1S/C9H10ClNO3/c10-8-3-2-7(14-8)9(12)11-4-1-5-13-6-11/h2-3H,1,4-6H2. The molecule has 76 valence electrons. The van der Waals surface area contributed by atoms with Crippen molar-refractivity contribution in [1.82, 2.24) is 4.90 Å². The van der Waals surface area contributed by atoms with Crippen LogP contribution in [0.5, 0.6) is 0 Å². The first kappa shape index (κ1) is 9.55. The first-order valence-electron chi connectivity index (χ1n) is 4.40. The number of hydrogen-bond donors (Lipinski definition) is 0. The molecule has 1 fully saturated rings. The van der Waals surface area contributed by atoms with Crippen LogP contribution in [0.15, 0.2) is 16.5 Å². The van der Waals surface area contributed by atoms with Crippen LogP contribution in [0.4, 0.5) is 0 Å². The minimum Gasteiger partial charge on any atom is -0.440 e. The first-order valence-corrected chi connectivity index (χ1v) is 4.77. The van der Waals surface area contributed by atoms with Crippen molar-refractivity contribution >= 4 is 17.5 Å². The van der Waals surface area contributed by atoms with Crippen LogP contribution in [-0.4, -0.2) is 30.7 Å². The summed E-state index contributed by atoms with van der Waals surface area (Å²) in [4.78, 5) is 13.3. The van der Waals surface area contributed by atoms with Crippen molar-refractivity contribution in [3.63, 3.8) is 0 Å². The zero-order chi connectivity index (χ0) is 9.97. The number of nitrogens with zero attached hydrogens (tertiary/aromatic N) is 1. The smallest absolute Gasteiger partial charge is 0.291 e. The molecule has 0 spiro atoms. The van der Waals surface area contributed by atoms with Crippen molar-refractivity contribution in [2.24, 2.45) is 0 Å². The van der Waals surface area contributed by atoms with Crippen molar-refractivity contribution in [3.8, 4) is 0 Å².